The summed E-state index contributed by atoms with van der Waals surface area (Å²) in [5.41, 5.74) is 1.28. The standard InChI is InChI=1S/C35H32F3N3O5S/c1-3-45-29-11-7-8-24(17-29)20-41-21-27(18-31(38)34(41)42)32-16-23(2)39-35(40-32)47(43,44)15-14-33(25-9-5-4-6-10-25)46-22-26-12-13-28(36)19-30(26)37/h4-13,16-19,21,33H,3,14-15,20,22H2,1-2H3. The van der Waals surface area contributed by atoms with E-state index in [0.29, 0.717) is 29.2 Å². The summed E-state index contributed by atoms with van der Waals surface area (Å²) >= 11 is 0. The number of sulfone groups is 1. The van der Waals surface area contributed by atoms with E-state index in [1.807, 2.05) is 6.92 Å². The van der Waals surface area contributed by atoms with Crippen molar-refractivity contribution in [1.29, 1.82) is 0 Å². The lowest BCUT2D eigenvalue weighted by Crippen LogP contribution is -2.23. The molecule has 47 heavy (non-hydrogen) atoms. The molecular formula is C35H32F3N3O5S. The molecule has 1 unspecified atom stereocenters. The SMILES string of the molecule is CCOc1cccc(Cn2cc(-c3cc(C)nc(S(=O)(=O)CCC(OCc4ccc(F)cc4F)c4ccccc4)n3)cc(F)c2=O)c1. The second-order valence-electron chi connectivity index (χ2n) is 10.8. The predicted octanol–water partition coefficient (Wildman–Crippen LogP) is 6.60. The van der Waals surface area contributed by atoms with Crippen molar-refractivity contribution in [2.75, 3.05) is 12.4 Å². The van der Waals surface area contributed by atoms with Crippen LogP contribution in [0.1, 0.15) is 41.8 Å². The number of ether oxygens (including phenoxy) is 2. The molecule has 12 heteroatoms. The normalized spacial score (nSPS) is 12.2. The number of benzene rings is 3. The van der Waals surface area contributed by atoms with E-state index < -0.39 is 49.9 Å². The highest BCUT2D eigenvalue weighted by Crippen LogP contribution is 2.27. The number of rotatable bonds is 13. The fourth-order valence-electron chi connectivity index (χ4n) is 4.98. The molecular weight excluding hydrogens is 631 g/mol. The van der Waals surface area contributed by atoms with Crippen LogP contribution in [0.25, 0.3) is 11.3 Å². The molecule has 3 aromatic carbocycles. The molecule has 1 atom stereocenters. The van der Waals surface area contributed by atoms with Crippen LogP contribution in [0.5, 0.6) is 5.75 Å². The predicted molar refractivity (Wildman–Crippen MR) is 170 cm³/mol. The summed E-state index contributed by atoms with van der Waals surface area (Å²) in [7, 11) is -4.10. The Morgan fingerprint density at radius 2 is 1.68 bits per heavy atom. The Hall–Kier alpha value is -4.81. The highest BCUT2D eigenvalue weighted by Gasteiger charge is 2.24. The van der Waals surface area contributed by atoms with Crippen molar-refractivity contribution in [1.82, 2.24) is 14.5 Å². The third-order valence-electron chi connectivity index (χ3n) is 7.29. The van der Waals surface area contributed by atoms with Crippen LogP contribution in [0.15, 0.2) is 101 Å². The van der Waals surface area contributed by atoms with Gasteiger partial charge in [0, 0.05) is 29.1 Å². The second kappa shape index (κ2) is 14.7. The lowest BCUT2D eigenvalue weighted by atomic mass is 10.1. The summed E-state index contributed by atoms with van der Waals surface area (Å²) in [4.78, 5) is 21.1. The third kappa shape index (κ3) is 8.52. The van der Waals surface area contributed by atoms with Crippen LogP contribution in [0.3, 0.4) is 0 Å². The monoisotopic (exact) mass is 663 g/mol. The smallest absolute Gasteiger partial charge is 0.286 e. The van der Waals surface area contributed by atoms with Crippen LogP contribution < -0.4 is 10.3 Å². The van der Waals surface area contributed by atoms with Gasteiger partial charge in [-0.25, -0.2) is 31.6 Å². The number of aryl methyl sites for hydroxylation is 1. The van der Waals surface area contributed by atoms with Crippen molar-refractivity contribution in [3.05, 3.63) is 141 Å². The van der Waals surface area contributed by atoms with Crippen LogP contribution >= 0.6 is 0 Å². The van der Waals surface area contributed by atoms with Gasteiger partial charge >= 0.3 is 0 Å². The molecule has 5 rings (SSSR count). The van der Waals surface area contributed by atoms with Crippen LogP contribution in [-0.2, 0) is 27.7 Å². The van der Waals surface area contributed by atoms with Gasteiger partial charge < -0.3 is 14.0 Å². The van der Waals surface area contributed by atoms with Crippen molar-refractivity contribution in [2.24, 2.45) is 0 Å². The number of hydrogen-bond acceptors (Lipinski definition) is 7. The minimum atomic E-state index is -4.10. The first-order valence-electron chi connectivity index (χ1n) is 14.8. The second-order valence-corrected chi connectivity index (χ2v) is 12.8. The molecule has 0 aliphatic rings. The topological polar surface area (TPSA) is 100 Å². The van der Waals surface area contributed by atoms with Crippen molar-refractivity contribution in [2.45, 2.75) is 44.7 Å². The van der Waals surface area contributed by atoms with Crippen LogP contribution in [0.4, 0.5) is 13.2 Å². The van der Waals surface area contributed by atoms with Crippen molar-refractivity contribution in [3.8, 4) is 17.0 Å². The number of pyridine rings is 1. The molecule has 0 bridgehead atoms. The quantitative estimate of drug-likeness (QED) is 0.131. The van der Waals surface area contributed by atoms with Gasteiger partial charge in [-0.15, -0.1) is 0 Å². The first-order valence-corrected chi connectivity index (χ1v) is 16.5. The van der Waals surface area contributed by atoms with E-state index in [0.717, 1.165) is 18.2 Å². The van der Waals surface area contributed by atoms with E-state index in [9.17, 15) is 26.4 Å². The summed E-state index contributed by atoms with van der Waals surface area (Å²) in [6, 6.07) is 21.6. The molecule has 0 fully saturated rings. The van der Waals surface area contributed by atoms with Crippen LogP contribution in [0, 0.1) is 24.4 Å². The molecule has 0 aliphatic heterocycles. The number of aromatic nitrogens is 3. The number of nitrogens with zero attached hydrogens (tertiary/aromatic N) is 3. The highest BCUT2D eigenvalue weighted by atomic mass is 32.2. The average Bonchev–Trinajstić information content (AvgIpc) is 3.04. The molecule has 0 radical (unpaired) electrons. The maximum absolute atomic E-state index is 14.9. The fourth-order valence-corrected chi connectivity index (χ4v) is 6.21. The maximum atomic E-state index is 14.9. The van der Waals surface area contributed by atoms with Crippen LogP contribution in [0.2, 0.25) is 0 Å². The Kier molecular flexibility index (Phi) is 10.5. The zero-order valence-electron chi connectivity index (χ0n) is 25.7. The van der Waals surface area contributed by atoms with Gasteiger partial charge in [-0.2, -0.15) is 0 Å². The molecule has 0 saturated carbocycles. The van der Waals surface area contributed by atoms with Gasteiger partial charge in [-0.1, -0.05) is 48.5 Å². The van der Waals surface area contributed by atoms with Crippen molar-refractivity contribution < 1.29 is 31.1 Å². The Morgan fingerprint density at radius 1 is 0.894 bits per heavy atom. The first kappa shape index (κ1) is 33.6. The molecule has 0 saturated heterocycles. The molecule has 8 nitrogen and oxygen atoms in total. The molecule has 2 aromatic heterocycles. The average molecular weight is 664 g/mol. The summed E-state index contributed by atoms with van der Waals surface area (Å²) in [5, 5.41) is -0.466. The maximum Gasteiger partial charge on any atom is 0.286 e. The zero-order valence-corrected chi connectivity index (χ0v) is 26.5. The summed E-state index contributed by atoms with van der Waals surface area (Å²) < 4.78 is 82.3. The molecule has 0 amide bonds. The van der Waals surface area contributed by atoms with Crippen LogP contribution in [-0.4, -0.2) is 35.3 Å². The van der Waals surface area contributed by atoms with E-state index >= 15 is 0 Å². The molecule has 0 N–H and O–H groups in total. The molecule has 2 heterocycles. The molecule has 0 aliphatic carbocycles. The Bertz CT molecular complexity index is 2040. The summed E-state index contributed by atoms with van der Waals surface area (Å²) in [6.07, 6.45) is 0.644. The van der Waals surface area contributed by atoms with Gasteiger partial charge in [0.15, 0.2) is 5.82 Å². The third-order valence-corrected chi connectivity index (χ3v) is 8.80. The van der Waals surface area contributed by atoms with Crippen molar-refractivity contribution in [3.63, 3.8) is 0 Å². The molecule has 244 valence electrons. The van der Waals surface area contributed by atoms with E-state index in [-0.39, 0.29) is 36.4 Å². The minimum Gasteiger partial charge on any atom is -0.494 e. The molecule has 0 spiro atoms. The van der Waals surface area contributed by atoms with Gasteiger partial charge in [0.05, 0.1) is 37.3 Å². The van der Waals surface area contributed by atoms with E-state index in [1.165, 1.54) is 22.9 Å². The number of halogens is 3. The van der Waals surface area contributed by atoms with Gasteiger partial charge in [0.25, 0.3) is 5.56 Å². The fraction of sp³-hybridized carbons (Fsp3) is 0.229. The van der Waals surface area contributed by atoms with E-state index in [4.69, 9.17) is 9.47 Å². The van der Waals surface area contributed by atoms with Gasteiger partial charge in [0.1, 0.15) is 17.4 Å². The van der Waals surface area contributed by atoms with Gasteiger partial charge in [-0.3, -0.25) is 4.79 Å². The summed E-state index contributed by atoms with van der Waals surface area (Å²) in [6.45, 7) is 3.73. The highest BCUT2D eigenvalue weighted by molar-refractivity contribution is 7.91. The largest absolute Gasteiger partial charge is 0.494 e. The van der Waals surface area contributed by atoms with Gasteiger partial charge in [0.2, 0.25) is 15.0 Å². The van der Waals surface area contributed by atoms with Crippen molar-refractivity contribution >= 4 is 9.84 Å². The number of hydrogen-bond donors (Lipinski definition) is 0. The van der Waals surface area contributed by atoms with Gasteiger partial charge in [-0.05, 0) is 61.7 Å². The first-order chi connectivity index (χ1) is 22.5. The zero-order chi connectivity index (χ0) is 33.6. The Balaban J connectivity index is 1.39. The minimum absolute atomic E-state index is 0.0257. The summed E-state index contributed by atoms with van der Waals surface area (Å²) in [5.74, 6) is -2.33. The lowest BCUT2D eigenvalue weighted by molar-refractivity contribution is 0.0360. The van der Waals surface area contributed by atoms with E-state index in [1.54, 1.807) is 61.5 Å². The molecule has 5 aromatic rings. The Morgan fingerprint density at radius 3 is 2.43 bits per heavy atom. The van der Waals surface area contributed by atoms with E-state index in [2.05, 4.69) is 9.97 Å². The lowest BCUT2D eigenvalue weighted by Gasteiger charge is -2.19. The Labute approximate surface area is 270 Å².